The summed E-state index contributed by atoms with van der Waals surface area (Å²) in [5, 5.41) is 0.770. The summed E-state index contributed by atoms with van der Waals surface area (Å²) < 4.78 is 23.1. The second-order valence-corrected chi connectivity index (χ2v) is 13.4. The number of carbonyl (C=O) groups is 2. The number of hydrogen-bond donors (Lipinski definition) is 0. The predicted octanol–water partition coefficient (Wildman–Crippen LogP) is 6.93. The molecule has 1 spiro atoms. The molecule has 1 unspecified atom stereocenters. The van der Waals surface area contributed by atoms with Crippen molar-refractivity contribution in [3.63, 3.8) is 0 Å². The molecule has 3 aliphatic carbocycles. The fourth-order valence-corrected chi connectivity index (χ4v) is 8.24. The van der Waals surface area contributed by atoms with Gasteiger partial charge < -0.3 is 23.8 Å². The molecule has 1 fully saturated rings. The maximum absolute atomic E-state index is 12.6. The van der Waals surface area contributed by atoms with Crippen molar-refractivity contribution in [2.24, 2.45) is 17.8 Å². The van der Waals surface area contributed by atoms with Crippen molar-refractivity contribution in [3.8, 4) is 5.75 Å². The number of benzene rings is 2. The molecule has 0 radical (unpaired) electrons. The number of halogens is 1. The Labute approximate surface area is 265 Å². The number of fused-ring (bicyclic) bond motifs is 3. The molecule has 0 aromatic heterocycles. The number of anilines is 1. The van der Waals surface area contributed by atoms with Crippen molar-refractivity contribution < 1.29 is 28.5 Å². The summed E-state index contributed by atoms with van der Waals surface area (Å²) in [6.45, 7) is 4.49. The van der Waals surface area contributed by atoms with Crippen LogP contribution in [0.4, 0.5) is 5.69 Å². The molecule has 0 amide bonds. The minimum Gasteiger partial charge on any atom is -0.490 e. The number of rotatable bonds is 8. The molecule has 0 bridgehead atoms. The van der Waals surface area contributed by atoms with Crippen molar-refractivity contribution in [2.75, 3.05) is 45.4 Å². The molecule has 0 N–H and O–H groups in total. The molecule has 1 heterocycles. The molecule has 1 aliphatic heterocycles. The molecule has 7 nitrogen and oxygen atoms in total. The maximum Gasteiger partial charge on any atom is 0.337 e. The zero-order valence-electron chi connectivity index (χ0n) is 26.1. The average molecular weight is 622 g/mol. The van der Waals surface area contributed by atoms with Gasteiger partial charge in [-0.25, -0.2) is 4.79 Å². The Bertz CT molecular complexity index is 1420. The third-order valence-electron chi connectivity index (χ3n) is 10.5. The second kappa shape index (κ2) is 13.1. The van der Waals surface area contributed by atoms with Crippen LogP contribution in [0.3, 0.4) is 0 Å². The summed E-state index contributed by atoms with van der Waals surface area (Å²) in [6.07, 6.45) is 9.98. The van der Waals surface area contributed by atoms with Crippen LogP contribution in [0.2, 0.25) is 5.02 Å². The van der Waals surface area contributed by atoms with Gasteiger partial charge in [0.05, 0.1) is 43.6 Å². The maximum atomic E-state index is 12.6. The first-order valence-electron chi connectivity index (χ1n) is 16.1. The third-order valence-corrected chi connectivity index (χ3v) is 10.7. The van der Waals surface area contributed by atoms with Crippen molar-refractivity contribution >= 4 is 29.2 Å². The first-order chi connectivity index (χ1) is 21.4. The van der Waals surface area contributed by atoms with E-state index in [4.69, 9.17) is 30.5 Å². The number of aryl methyl sites for hydroxylation is 1. The van der Waals surface area contributed by atoms with Gasteiger partial charge in [-0.3, -0.25) is 4.79 Å². The van der Waals surface area contributed by atoms with Crippen molar-refractivity contribution in [1.82, 2.24) is 0 Å². The van der Waals surface area contributed by atoms with Crippen LogP contribution in [0.5, 0.6) is 5.75 Å². The lowest BCUT2D eigenvalue weighted by atomic mass is 9.66. The lowest BCUT2D eigenvalue weighted by Crippen LogP contribution is -2.50. The quantitative estimate of drug-likeness (QED) is 0.234. The Kier molecular flexibility index (Phi) is 9.25. The van der Waals surface area contributed by atoms with Crippen LogP contribution in [0.1, 0.15) is 73.4 Å². The summed E-state index contributed by atoms with van der Waals surface area (Å²) in [5.41, 5.74) is 5.22. The number of methoxy groups -OCH3 is 2. The Morgan fingerprint density at radius 2 is 1.98 bits per heavy atom. The highest BCUT2D eigenvalue weighted by Gasteiger charge is 2.45. The van der Waals surface area contributed by atoms with Crippen molar-refractivity contribution in [1.29, 1.82) is 0 Å². The van der Waals surface area contributed by atoms with Crippen molar-refractivity contribution in [3.05, 3.63) is 69.8 Å². The van der Waals surface area contributed by atoms with Crippen LogP contribution in [0.15, 0.2) is 48.0 Å². The number of hydrogen-bond acceptors (Lipinski definition) is 7. The fraction of sp³-hybridized carbons (Fsp3) is 0.556. The molecule has 0 saturated heterocycles. The zero-order valence-corrected chi connectivity index (χ0v) is 26.9. The van der Waals surface area contributed by atoms with Crippen LogP contribution < -0.4 is 9.64 Å². The third kappa shape index (κ3) is 5.97. The van der Waals surface area contributed by atoms with Gasteiger partial charge in [0.15, 0.2) is 0 Å². The molecule has 44 heavy (non-hydrogen) atoms. The number of nitrogens with zero attached hydrogens (tertiary/aromatic N) is 1. The molecule has 1 saturated carbocycles. The topological polar surface area (TPSA) is 74.3 Å². The average Bonchev–Trinajstić information content (AvgIpc) is 3.18. The summed E-state index contributed by atoms with van der Waals surface area (Å²) in [4.78, 5) is 27.4. The van der Waals surface area contributed by atoms with Gasteiger partial charge >= 0.3 is 11.9 Å². The van der Waals surface area contributed by atoms with E-state index in [0.29, 0.717) is 37.0 Å². The first kappa shape index (κ1) is 31.0. The molecule has 2 aromatic carbocycles. The van der Waals surface area contributed by atoms with E-state index in [2.05, 4.69) is 23.1 Å². The standard InChI is InChI=1S/C36H44ClNO6/c1-4-43-35(40)24-9-7-23(8-10-24)33(41-2)29-14-11-27(29)20-38-21-36(17-5-6-25-18-28(37)13-15-30(25)36)22-44-32-16-12-26(19-31(32)38)34(39)42-3/h7,12-13,15-16,18-19,24,27,29,33H,4-6,8-11,14,17,20-22H2,1-3H3/t24-,27+,29-,33?,36+/m1/s1. The van der Waals surface area contributed by atoms with Gasteiger partial charge in [-0.15, -0.1) is 0 Å². The number of ether oxygens (including phenoxy) is 4. The van der Waals surface area contributed by atoms with E-state index in [1.165, 1.54) is 23.8 Å². The minimum absolute atomic E-state index is 0.0347. The van der Waals surface area contributed by atoms with Gasteiger partial charge in [-0.1, -0.05) is 23.7 Å². The van der Waals surface area contributed by atoms with E-state index < -0.39 is 0 Å². The highest BCUT2D eigenvalue weighted by atomic mass is 35.5. The van der Waals surface area contributed by atoms with Crippen LogP contribution in [0, 0.1) is 17.8 Å². The van der Waals surface area contributed by atoms with Gasteiger partial charge in [0.2, 0.25) is 0 Å². The molecular weight excluding hydrogens is 578 g/mol. The SMILES string of the molecule is CCOC(=O)[C@@H]1CC=C(C(OC)[C@@H]2CC[C@H]2CN2C[C@@]3(CCCc4cc(Cl)ccc43)COc3ccc(C(=O)OC)cc32)CC1. The molecular formula is C36H44ClNO6. The number of esters is 2. The number of allylic oxidation sites excluding steroid dienone is 1. The second-order valence-electron chi connectivity index (χ2n) is 12.9. The van der Waals surface area contributed by atoms with Crippen LogP contribution in [0.25, 0.3) is 0 Å². The highest BCUT2D eigenvalue weighted by Crippen LogP contribution is 2.48. The van der Waals surface area contributed by atoms with E-state index in [1.807, 2.05) is 32.2 Å². The molecule has 2 aromatic rings. The van der Waals surface area contributed by atoms with Crippen LogP contribution in [-0.2, 0) is 30.8 Å². The zero-order chi connectivity index (χ0) is 30.8. The molecule has 4 aliphatic rings. The Morgan fingerprint density at radius 3 is 2.68 bits per heavy atom. The number of carbonyl (C=O) groups excluding carboxylic acids is 2. The van der Waals surface area contributed by atoms with Gasteiger partial charge in [0, 0.05) is 30.6 Å². The van der Waals surface area contributed by atoms with Gasteiger partial charge in [0.25, 0.3) is 0 Å². The predicted molar refractivity (Wildman–Crippen MR) is 171 cm³/mol. The van der Waals surface area contributed by atoms with Gasteiger partial charge in [-0.2, -0.15) is 0 Å². The van der Waals surface area contributed by atoms with Crippen molar-refractivity contribution in [2.45, 2.75) is 69.8 Å². The molecule has 5 atom stereocenters. The normalized spacial score (nSPS) is 26.7. The molecule has 8 heteroatoms. The summed E-state index contributed by atoms with van der Waals surface area (Å²) in [7, 11) is 3.23. The molecule has 6 rings (SSSR count). The smallest absolute Gasteiger partial charge is 0.337 e. The van der Waals surface area contributed by atoms with Gasteiger partial charge in [0.1, 0.15) is 5.75 Å². The van der Waals surface area contributed by atoms with Crippen LogP contribution >= 0.6 is 11.6 Å². The van der Waals surface area contributed by atoms with Crippen LogP contribution in [-0.4, -0.2) is 58.6 Å². The van der Waals surface area contributed by atoms with E-state index >= 15 is 0 Å². The Balaban J connectivity index is 1.28. The van der Waals surface area contributed by atoms with E-state index in [-0.39, 0.29) is 29.4 Å². The van der Waals surface area contributed by atoms with E-state index in [1.54, 1.807) is 6.07 Å². The monoisotopic (exact) mass is 621 g/mol. The summed E-state index contributed by atoms with van der Waals surface area (Å²) >= 11 is 6.43. The van der Waals surface area contributed by atoms with E-state index in [9.17, 15) is 9.59 Å². The molecule has 236 valence electrons. The van der Waals surface area contributed by atoms with E-state index in [0.717, 1.165) is 74.5 Å². The summed E-state index contributed by atoms with van der Waals surface area (Å²) in [5.74, 6) is 1.10. The Hall–Kier alpha value is -3.03. The highest BCUT2D eigenvalue weighted by molar-refractivity contribution is 6.30. The first-order valence-corrected chi connectivity index (χ1v) is 16.5. The largest absolute Gasteiger partial charge is 0.490 e. The van der Waals surface area contributed by atoms with Gasteiger partial charge in [-0.05, 0) is 117 Å². The fourth-order valence-electron chi connectivity index (χ4n) is 8.05. The minimum atomic E-state index is -0.351. The lowest BCUT2D eigenvalue weighted by molar-refractivity contribution is -0.148. The lowest BCUT2D eigenvalue weighted by Gasteiger charge is -2.47. The Morgan fingerprint density at radius 1 is 1.11 bits per heavy atom. The summed E-state index contributed by atoms with van der Waals surface area (Å²) in [6, 6.07) is 12.0.